The van der Waals surface area contributed by atoms with Crippen molar-refractivity contribution in [3.63, 3.8) is 0 Å². The Balaban J connectivity index is 1.18. The zero-order valence-electron chi connectivity index (χ0n) is 21.7. The van der Waals surface area contributed by atoms with Crippen LogP contribution in [0.3, 0.4) is 0 Å². The van der Waals surface area contributed by atoms with E-state index in [0.717, 1.165) is 59.9 Å². The van der Waals surface area contributed by atoms with Gasteiger partial charge in [-0.3, -0.25) is 9.59 Å². The highest BCUT2D eigenvalue weighted by Gasteiger charge is 2.27. The number of aromatic nitrogens is 2. The van der Waals surface area contributed by atoms with Crippen molar-refractivity contribution in [1.82, 2.24) is 9.38 Å². The molecule has 0 bridgehead atoms. The highest BCUT2D eigenvalue weighted by atomic mass is 16.2. The van der Waals surface area contributed by atoms with Gasteiger partial charge in [0.05, 0.1) is 0 Å². The first kappa shape index (κ1) is 24.4. The smallest absolute Gasteiger partial charge is 0.298 e. The van der Waals surface area contributed by atoms with Crippen LogP contribution >= 0.6 is 0 Å². The van der Waals surface area contributed by atoms with E-state index >= 15 is 0 Å². The second kappa shape index (κ2) is 10.5. The molecular formula is C32H29N5O2. The van der Waals surface area contributed by atoms with E-state index in [0.29, 0.717) is 11.4 Å². The summed E-state index contributed by atoms with van der Waals surface area (Å²) in [4.78, 5) is 35.8. The van der Waals surface area contributed by atoms with Crippen LogP contribution in [-0.2, 0) is 4.79 Å². The van der Waals surface area contributed by atoms with Gasteiger partial charge in [-0.25, -0.2) is 4.98 Å². The monoisotopic (exact) mass is 515 g/mol. The summed E-state index contributed by atoms with van der Waals surface area (Å²) >= 11 is 0. The van der Waals surface area contributed by atoms with E-state index in [1.165, 1.54) is 0 Å². The van der Waals surface area contributed by atoms with Crippen LogP contribution in [0.5, 0.6) is 0 Å². The first-order valence-electron chi connectivity index (χ1n) is 13.1. The third kappa shape index (κ3) is 4.75. The molecule has 6 rings (SSSR count). The van der Waals surface area contributed by atoms with Gasteiger partial charge >= 0.3 is 0 Å². The Hall–Kier alpha value is -4.91. The van der Waals surface area contributed by atoms with E-state index < -0.39 is 11.7 Å². The molecule has 4 heterocycles. The molecule has 1 aliphatic rings. The molecule has 1 N–H and O–H groups in total. The summed E-state index contributed by atoms with van der Waals surface area (Å²) in [7, 11) is 0. The summed E-state index contributed by atoms with van der Waals surface area (Å²) in [5, 5.41) is 2.81. The van der Waals surface area contributed by atoms with Crippen LogP contribution in [0.2, 0.25) is 0 Å². The summed E-state index contributed by atoms with van der Waals surface area (Å²) < 4.78 is 1.81. The van der Waals surface area contributed by atoms with E-state index in [9.17, 15) is 9.59 Å². The lowest BCUT2D eigenvalue weighted by molar-refractivity contribution is -0.112. The molecule has 3 aromatic heterocycles. The highest BCUT2D eigenvalue weighted by molar-refractivity contribution is 6.47. The van der Waals surface area contributed by atoms with Crippen LogP contribution < -0.4 is 15.1 Å². The zero-order chi connectivity index (χ0) is 26.8. The van der Waals surface area contributed by atoms with Gasteiger partial charge in [-0.1, -0.05) is 42.5 Å². The number of hydrogen-bond acceptors (Lipinski definition) is 5. The number of rotatable bonds is 6. The fourth-order valence-corrected chi connectivity index (χ4v) is 5.34. The minimum absolute atomic E-state index is 0.370. The van der Waals surface area contributed by atoms with Crippen LogP contribution in [0.25, 0.3) is 16.6 Å². The molecule has 5 aromatic rings. The second-order valence-electron chi connectivity index (χ2n) is 9.66. The third-order valence-corrected chi connectivity index (χ3v) is 7.32. The Labute approximate surface area is 227 Å². The van der Waals surface area contributed by atoms with Gasteiger partial charge in [0, 0.05) is 61.0 Å². The minimum atomic E-state index is -0.660. The number of pyridine rings is 2. The van der Waals surface area contributed by atoms with E-state index in [-0.39, 0.29) is 0 Å². The number of piperazine rings is 1. The Morgan fingerprint density at radius 1 is 0.769 bits per heavy atom. The molecule has 0 unspecified atom stereocenters. The predicted octanol–water partition coefficient (Wildman–Crippen LogP) is 5.46. The van der Waals surface area contributed by atoms with Gasteiger partial charge in [0.2, 0.25) is 0 Å². The number of nitrogens with one attached hydrogen (secondary N) is 1. The highest BCUT2D eigenvalue weighted by Crippen LogP contribution is 2.33. The van der Waals surface area contributed by atoms with Crippen molar-refractivity contribution in [2.75, 3.05) is 41.3 Å². The fraction of sp³-hybridized carbons (Fsp3) is 0.156. The number of hydrogen-bond donors (Lipinski definition) is 1. The molecule has 0 aliphatic carbocycles. The van der Waals surface area contributed by atoms with Crippen molar-refractivity contribution >= 4 is 34.4 Å². The second-order valence-corrected chi connectivity index (χ2v) is 9.66. The van der Waals surface area contributed by atoms with Crippen LogP contribution in [0.1, 0.15) is 16.1 Å². The van der Waals surface area contributed by atoms with Gasteiger partial charge in [0.25, 0.3) is 11.7 Å². The molecule has 7 nitrogen and oxygen atoms in total. The summed E-state index contributed by atoms with van der Waals surface area (Å²) in [6.07, 6.45) is 3.65. The molecule has 1 saturated heterocycles. The molecule has 0 saturated carbocycles. The van der Waals surface area contributed by atoms with Gasteiger partial charge in [-0.15, -0.1) is 0 Å². The Bertz CT molecular complexity index is 1620. The lowest BCUT2D eigenvalue weighted by atomic mass is 9.99. The number of benzene rings is 2. The molecule has 39 heavy (non-hydrogen) atoms. The van der Waals surface area contributed by atoms with Gasteiger partial charge in [0.15, 0.2) is 0 Å². The number of carbonyl (C=O) groups excluding carboxylic acids is 2. The quantitative estimate of drug-likeness (QED) is 0.240. The largest absolute Gasteiger partial charge is 0.368 e. The normalized spacial score (nSPS) is 13.5. The Kier molecular flexibility index (Phi) is 6.55. The maximum atomic E-state index is 13.6. The van der Waals surface area contributed by atoms with Gasteiger partial charge < -0.3 is 19.5 Å². The summed E-state index contributed by atoms with van der Waals surface area (Å²) in [5.41, 5.74) is 5.59. The van der Waals surface area contributed by atoms with Crippen molar-refractivity contribution in [3.05, 3.63) is 115 Å². The predicted molar refractivity (Wildman–Crippen MR) is 156 cm³/mol. The van der Waals surface area contributed by atoms with Crippen molar-refractivity contribution in [2.45, 2.75) is 6.92 Å². The maximum absolute atomic E-state index is 13.6. The molecule has 194 valence electrons. The number of carbonyl (C=O) groups is 2. The average Bonchev–Trinajstić information content (AvgIpc) is 3.30. The number of fused-ring (bicyclic) bond motifs is 1. The van der Waals surface area contributed by atoms with Crippen molar-refractivity contribution in [3.8, 4) is 11.1 Å². The molecule has 0 radical (unpaired) electrons. The number of nitrogens with zero attached hydrogens (tertiary/aromatic N) is 4. The van der Waals surface area contributed by atoms with Gasteiger partial charge in [0.1, 0.15) is 11.5 Å². The van der Waals surface area contributed by atoms with Gasteiger partial charge in [-0.05, 0) is 66.6 Å². The molecule has 0 atom stereocenters. The molecular weight excluding hydrogens is 486 g/mol. The fourth-order valence-electron chi connectivity index (χ4n) is 5.34. The molecule has 1 amide bonds. The van der Waals surface area contributed by atoms with E-state index in [4.69, 9.17) is 0 Å². The SMILES string of the molecule is Cc1c(-c2ccccc2)c(C(=O)C(=O)Nc2ccc(N3CCN(c4ccccn4)CC3)cc2)n2ccccc12. The zero-order valence-corrected chi connectivity index (χ0v) is 21.7. The standard InChI is InChI=1S/C32H29N5O2/c1-23-27-11-6-8-18-37(27)30(29(23)24-9-3-2-4-10-24)31(38)32(39)34-25-13-15-26(16-14-25)35-19-21-36(22-20-35)28-12-5-7-17-33-28/h2-18H,19-22H2,1H3,(H,34,39). The molecule has 7 heteroatoms. The maximum Gasteiger partial charge on any atom is 0.298 e. The van der Waals surface area contributed by atoms with Crippen LogP contribution in [-0.4, -0.2) is 47.3 Å². The van der Waals surface area contributed by atoms with E-state index in [1.54, 1.807) is 0 Å². The summed E-state index contributed by atoms with van der Waals surface area (Å²) in [5.74, 6) is -0.230. The number of aryl methyl sites for hydroxylation is 1. The topological polar surface area (TPSA) is 70.0 Å². The first-order chi connectivity index (χ1) is 19.1. The molecule has 1 aliphatic heterocycles. The molecule has 0 spiro atoms. The van der Waals surface area contributed by atoms with E-state index in [1.807, 2.05) is 115 Å². The average molecular weight is 516 g/mol. The van der Waals surface area contributed by atoms with Crippen molar-refractivity contribution in [2.24, 2.45) is 0 Å². The molecule has 1 fully saturated rings. The van der Waals surface area contributed by atoms with Crippen LogP contribution in [0.15, 0.2) is 103 Å². The van der Waals surface area contributed by atoms with Crippen LogP contribution in [0.4, 0.5) is 17.2 Å². The number of amides is 1. The van der Waals surface area contributed by atoms with Gasteiger partial charge in [-0.2, -0.15) is 0 Å². The number of anilines is 3. The summed E-state index contributed by atoms with van der Waals surface area (Å²) in [6.45, 7) is 5.52. The Morgan fingerprint density at radius 2 is 1.46 bits per heavy atom. The Morgan fingerprint density at radius 3 is 2.18 bits per heavy atom. The third-order valence-electron chi connectivity index (χ3n) is 7.32. The van der Waals surface area contributed by atoms with Crippen molar-refractivity contribution < 1.29 is 9.59 Å². The summed E-state index contributed by atoms with van der Waals surface area (Å²) in [6, 6.07) is 29.2. The molecule has 2 aromatic carbocycles. The first-order valence-corrected chi connectivity index (χ1v) is 13.1. The van der Waals surface area contributed by atoms with Crippen molar-refractivity contribution in [1.29, 1.82) is 0 Å². The minimum Gasteiger partial charge on any atom is -0.368 e. The van der Waals surface area contributed by atoms with E-state index in [2.05, 4.69) is 20.1 Å². The van der Waals surface area contributed by atoms with Crippen LogP contribution in [0, 0.1) is 6.92 Å². The lowest BCUT2D eigenvalue weighted by Gasteiger charge is -2.36. The number of ketones is 1. The lowest BCUT2D eigenvalue weighted by Crippen LogP contribution is -2.46. The number of Topliss-reactive ketones (excluding diaryl/α,β-unsaturated/α-hetero) is 1.